The van der Waals surface area contributed by atoms with E-state index in [-0.39, 0.29) is 5.56 Å². The third-order valence-electron chi connectivity index (χ3n) is 4.32. The zero-order chi connectivity index (χ0) is 18.2. The van der Waals surface area contributed by atoms with Gasteiger partial charge in [-0.1, -0.05) is 6.92 Å². The van der Waals surface area contributed by atoms with Gasteiger partial charge < -0.3 is 5.32 Å². The van der Waals surface area contributed by atoms with Crippen LogP contribution in [0.25, 0.3) is 0 Å². The van der Waals surface area contributed by atoms with E-state index >= 15 is 0 Å². The number of amides is 1. The fourth-order valence-corrected chi connectivity index (χ4v) is 4.30. The first-order valence-electron chi connectivity index (χ1n) is 7.83. The monoisotopic (exact) mass is 364 g/mol. The van der Waals surface area contributed by atoms with Crippen molar-refractivity contribution in [3.8, 4) is 6.07 Å². The molecule has 7 heteroatoms. The molecule has 130 valence electrons. The molecule has 0 saturated heterocycles. The second-order valence-electron chi connectivity index (χ2n) is 6.20. The predicted octanol–water partition coefficient (Wildman–Crippen LogP) is 5.02. The lowest BCUT2D eigenvalue weighted by molar-refractivity contribution is -0.137. The second kappa shape index (κ2) is 6.52. The number of rotatable bonds is 2. The van der Waals surface area contributed by atoms with Gasteiger partial charge in [-0.3, -0.25) is 4.79 Å². The Balaban J connectivity index is 1.83. The van der Waals surface area contributed by atoms with Crippen molar-refractivity contribution in [1.29, 1.82) is 5.26 Å². The van der Waals surface area contributed by atoms with Gasteiger partial charge in [0.05, 0.1) is 11.1 Å². The van der Waals surface area contributed by atoms with Crippen molar-refractivity contribution in [3.63, 3.8) is 0 Å². The third kappa shape index (κ3) is 3.54. The van der Waals surface area contributed by atoms with Crippen LogP contribution in [-0.2, 0) is 19.0 Å². The highest BCUT2D eigenvalue weighted by atomic mass is 32.1. The van der Waals surface area contributed by atoms with E-state index in [1.807, 2.05) is 0 Å². The summed E-state index contributed by atoms with van der Waals surface area (Å²) in [5.41, 5.74) is 0.791. The van der Waals surface area contributed by atoms with Crippen molar-refractivity contribution >= 4 is 22.2 Å². The SMILES string of the molecule is C[C@@H]1CCc2c(sc(NC(=O)c3ccc(C(F)(F)F)cc3)c2C#N)C1. The molecular weight excluding hydrogens is 349 g/mol. The molecule has 1 aromatic carbocycles. The van der Waals surface area contributed by atoms with Crippen molar-refractivity contribution in [2.45, 2.75) is 32.4 Å². The Morgan fingerprint density at radius 1 is 1.32 bits per heavy atom. The Kier molecular flexibility index (Phi) is 4.56. The van der Waals surface area contributed by atoms with Crippen LogP contribution in [0.1, 0.15) is 45.3 Å². The topological polar surface area (TPSA) is 52.9 Å². The first kappa shape index (κ1) is 17.5. The maximum Gasteiger partial charge on any atom is 0.416 e. The highest BCUT2D eigenvalue weighted by Crippen LogP contribution is 2.39. The van der Waals surface area contributed by atoms with E-state index in [0.29, 0.717) is 16.5 Å². The quantitative estimate of drug-likeness (QED) is 0.814. The van der Waals surface area contributed by atoms with Gasteiger partial charge in [0.1, 0.15) is 11.1 Å². The minimum Gasteiger partial charge on any atom is -0.312 e. The van der Waals surface area contributed by atoms with Crippen LogP contribution < -0.4 is 5.32 Å². The van der Waals surface area contributed by atoms with Crippen molar-refractivity contribution in [2.24, 2.45) is 5.92 Å². The van der Waals surface area contributed by atoms with Gasteiger partial charge in [-0.15, -0.1) is 11.3 Å². The smallest absolute Gasteiger partial charge is 0.312 e. The van der Waals surface area contributed by atoms with Crippen LogP contribution >= 0.6 is 11.3 Å². The Hall–Kier alpha value is -2.33. The largest absolute Gasteiger partial charge is 0.416 e. The van der Waals surface area contributed by atoms with E-state index in [2.05, 4.69) is 18.3 Å². The average Bonchev–Trinajstić information content (AvgIpc) is 2.90. The normalized spacial score (nSPS) is 16.8. The minimum absolute atomic E-state index is 0.122. The molecule has 0 bridgehead atoms. The van der Waals surface area contributed by atoms with Crippen LogP contribution in [0.5, 0.6) is 0 Å². The summed E-state index contributed by atoms with van der Waals surface area (Å²) in [4.78, 5) is 13.4. The lowest BCUT2D eigenvalue weighted by Gasteiger charge is -2.17. The van der Waals surface area contributed by atoms with Crippen LogP contribution in [0, 0.1) is 17.2 Å². The molecule has 1 atom stereocenters. The molecule has 1 aromatic heterocycles. The van der Waals surface area contributed by atoms with Gasteiger partial charge in [-0.05, 0) is 55.0 Å². The summed E-state index contributed by atoms with van der Waals surface area (Å²) in [6.45, 7) is 2.15. The van der Waals surface area contributed by atoms with Gasteiger partial charge in [0.25, 0.3) is 5.91 Å². The number of nitriles is 1. The zero-order valence-electron chi connectivity index (χ0n) is 13.4. The molecule has 3 nitrogen and oxygen atoms in total. The molecule has 1 aliphatic carbocycles. The molecule has 3 rings (SSSR count). The number of hydrogen-bond acceptors (Lipinski definition) is 3. The van der Waals surface area contributed by atoms with Gasteiger partial charge in [0.2, 0.25) is 0 Å². The van der Waals surface area contributed by atoms with E-state index in [0.717, 1.165) is 54.0 Å². The fraction of sp³-hybridized carbons (Fsp3) is 0.333. The highest BCUT2D eigenvalue weighted by Gasteiger charge is 2.30. The molecule has 25 heavy (non-hydrogen) atoms. The first-order chi connectivity index (χ1) is 11.8. The Bertz CT molecular complexity index is 847. The molecule has 1 aliphatic rings. The van der Waals surface area contributed by atoms with Crippen molar-refractivity contribution < 1.29 is 18.0 Å². The number of benzene rings is 1. The first-order valence-corrected chi connectivity index (χ1v) is 8.64. The molecule has 1 heterocycles. The molecule has 0 radical (unpaired) electrons. The maximum atomic E-state index is 12.6. The summed E-state index contributed by atoms with van der Waals surface area (Å²) in [7, 11) is 0. The lowest BCUT2D eigenvalue weighted by atomic mass is 9.88. The molecule has 1 amide bonds. The number of hydrogen-bond donors (Lipinski definition) is 1. The number of carbonyl (C=O) groups is 1. The molecule has 0 unspecified atom stereocenters. The van der Waals surface area contributed by atoms with Crippen molar-refractivity contribution in [1.82, 2.24) is 0 Å². The van der Waals surface area contributed by atoms with Gasteiger partial charge in [0.15, 0.2) is 0 Å². The van der Waals surface area contributed by atoms with Gasteiger partial charge >= 0.3 is 6.18 Å². The zero-order valence-corrected chi connectivity index (χ0v) is 14.2. The van der Waals surface area contributed by atoms with Gasteiger partial charge in [-0.2, -0.15) is 18.4 Å². The summed E-state index contributed by atoms with van der Waals surface area (Å²) < 4.78 is 37.8. The number of carbonyl (C=O) groups excluding carboxylic acids is 1. The Labute approximate surface area is 147 Å². The predicted molar refractivity (Wildman–Crippen MR) is 89.6 cm³/mol. The molecule has 0 fully saturated rings. The van der Waals surface area contributed by atoms with E-state index in [1.165, 1.54) is 11.3 Å². The van der Waals surface area contributed by atoms with Crippen LogP contribution in [-0.4, -0.2) is 5.91 Å². The number of halogens is 3. The fourth-order valence-electron chi connectivity index (χ4n) is 2.94. The standard InChI is InChI=1S/C18H15F3N2OS/c1-10-2-7-13-14(9-22)17(25-15(13)8-10)23-16(24)11-3-5-12(6-4-11)18(19,20)21/h3-6,10H,2,7-8H2,1H3,(H,23,24)/t10-/m1/s1. The van der Waals surface area contributed by atoms with E-state index in [4.69, 9.17) is 0 Å². The molecule has 0 saturated carbocycles. The molecule has 2 aromatic rings. The van der Waals surface area contributed by atoms with Crippen LogP contribution in [0.15, 0.2) is 24.3 Å². The number of fused-ring (bicyclic) bond motifs is 1. The Morgan fingerprint density at radius 2 is 2.00 bits per heavy atom. The summed E-state index contributed by atoms with van der Waals surface area (Å²) >= 11 is 1.39. The van der Waals surface area contributed by atoms with Crippen molar-refractivity contribution in [3.05, 3.63) is 51.4 Å². The van der Waals surface area contributed by atoms with E-state index in [9.17, 15) is 23.2 Å². The second-order valence-corrected chi connectivity index (χ2v) is 7.30. The molecule has 1 N–H and O–H groups in total. The third-order valence-corrected chi connectivity index (χ3v) is 5.49. The number of alkyl halides is 3. The highest BCUT2D eigenvalue weighted by molar-refractivity contribution is 7.16. The molecular formula is C18H15F3N2OS. The number of anilines is 1. The number of nitrogens with zero attached hydrogens (tertiary/aromatic N) is 1. The maximum absolute atomic E-state index is 12.6. The van der Waals surface area contributed by atoms with Crippen molar-refractivity contribution in [2.75, 3.05) is 5.32 Å². The van der Waals surface area contributed by atoms with Crippen LogP contribution in [0.4, 0.5) is 18.2 Å². The van der Waals surface area contributed by atoms with E-state index < -0.39 is 17.6 Å². The van der Waals surface area contributed by atoms with Crippen LogP contribution in [0.3, 0.4) is 0 Å². The van der Waals surface area contributed by atoms with Crippen LogP contribution in [0.2, 0.25) is 0 Å². The Morgan fingerprint density at radius 3 is 2.60 bits per heavy atom. The summed E-state index contributed by atoms with van der Waals surface area (Å²) in [5, 5.41) is 12.6. The van der Waals surface area contributed by atoms with Gasteiger partial charge in [0, 0.05) is 10.4 Å². The van der Waals surface area contributed by atoms with Gasteiger partial charge in [-0.25, -0.2) is 0 Å². The van der Waals surface area contributed by atoms with E-state index in [1.54, 1.807) is 0 Å². The molecule has 0 spiro atoms. The summed E-state index contributed by atoms with van der Waals surface area (Å²) in [6.07, 6.45) is -1.74. The lowest BCUT2D eigenvalue weighted by Crippen LogP contribution is -2.13. The summed E-state index contributed by atoms with van der Waals surface area (Å²) in [6, 6.07) is 6.18. The number of thiophene rings is 1. The molecule has 0 aliphatic heterocycles. The minimum atomic E-state index is -4.44. The summed E-state index contributed by atoms with van der Waals surface area (Å²) in [5.74, 6) is 0.0213. The average molecular weight is 364 g/mol. The number of nitrogens with one attached hydrogen (secondary N) is 1.